The van der Waals surface area contributed by atoms with Gasteiger partial charge in [0, 0.05) is 9.85 Å². The number of para-hydroxylation sites is 2. The third kappa shape index (κ3) is 4.32. The molecule has 0 saturated heterocycles. The summed E-state index contributed by atoms with van der Waals surface area (Å²) in [7, 11) is 0. The fraction of sp³-hybridized carbons (Fsp3) is 0.0500. The van der Waals surface area contributed by atoms with Crippen LogP contribution in [0.2, 0.25) is 0 Å². The Balaban J connectivity index is 1.68. The lowest BCUT2D eigenvalue weighted by Crippen LogP contribution is -2.03. The number of hydrogen-bond donors (Lipinski definition) is 2. The second-order valence-corrected chi connectivity index (χ2v) is 7.66. The number of hydrogen-bond acceptors (Lipinski definition) is 5. The van der Waals surface area contributed by atoms with Gasteiger partial charge in [-0.15, -0.1) is 11.3 Å². The molecule has 5 nitrogen and oxygen atoms in total. The lowest BCUT2D eigenvalue weighted by atomic mass is 10.2. The molecule has 2 heterocycles. The highest BCUT2D eigenvalue weighted by molar-refractivity contribution is 9.10. The van der Waals surface area contributed by atoms with Gasteiger partial charge in [-0.05, 0) is 42.8 Å². The van der Waals surface area contributed by atoms with Crippen molar-refractivity contribution in [1.29, 1.82) is 0 Å². The van der Waals surface area contributed by atoms with E-state index < -0.39 is 0 Å². The van der Waals surface area contributed by atoms with E-state index in [-0.39, 0.29) is 0 Å². The van der Waals surface area contributed by atoms with Crippen LogP contribution in [0.3, 0.4) is 0 Å². The van der Waals surface area contributed by atoms with Crippen molar-refractivity contribution in [3.05, 3.63) is 81.5 Å². The van der Waals surface area contributed by atoms with Gasteiger partial charge in [0.1, 0.15) is 5.71 Å². The molecule has 0 aliphatic carbocycles. The summed E-state index contributed by atoms with van der Waals surface area (Å²) in [5.74, 6) is 0.699. The number of benzene rings is 2. The van der Waals surface area contributed by atoms with Crippen LogP contribution < -0.4 is 5.43 Å². The van der Waals surface area contributed by atoms with E-state index in [1.807, 2.05) is 73.0 Å². The number of H-pyrrole nitrogens is 1. The summed E-state index contributed by atoms with van der Waals surface area (Å²) in [6.45, 7) is 1.96. The first kappa shape index (κ1) is 17.6. The number of rotatable bonds is 5. The average Bonchev–Trinajstić information content (AvgIpc) is 3.29. The molecule has 7 heteroatoms. The minimum atomic E-state index is 0.696. The number of halogens is 1. The molecule has 0 spiro atoms. The van der Waals surface area contributed by atoms with Gasteiger partial charge in [0.25, 0.3) is 0 Å². The molecule has 2 aromatic carbocycles. The lowest BCUT2D eigenvalue weighted by molar-refractivity contribution is 1.20. The number of nitrogens with one attached hydrogen (secondary N) is 2. The quantitative estimate of drug-likeness (QED) is 0.314. The zero-order chi connectivity index (χ0) is 18.6. The number of aryl methyl sites for hydroxylation is 1. The van der Waals surface area contributed by atoms with Crippen molar-refractivity contribution >= 4 is 55.2 Å². The number of imidazole rings is 1. The van der Waals surface area contributed by atoms with Crippen molar-refractivity contribution in [2.75, 3.05) is 5.43 Å². The number of aromatic amines is 1. The van der Waals surface area contributed by atoms with Crippen molar-refractivity contribution in [2.45, 2.75) is 6.92 Å². The summed E-state index contributed by atoms with van der Waals surface area (Å²) in [4.78, 5) is 12.4. The van der Waals surface area contributed by atoms with E-state index >= 15 is 0 Å². The summed E-state index contributed by atoms with van der Waals surface area (Å²) in [6.07, 6.45) is 3.95. The maximum absolute atomic E-state index is 4.65. The Morgan fingerprint density at radius 2 is 1.96 bits per heavy atom. The van der Waals surface area contributed by atoms with Crippen molar-refractivity contribution < 1.29 is 0 Å². The fourth-order valence-electron chi connectivity index (χ4n) is 2.51. The highest BCUT2D eigenvalue weighted by Crippen LogP contribution is 2.17. The predicted octanol–water partition coefficient (Wildman–Crippen LogP) is 5.62. The first-order valence-corrected chi connectivity index (χ1v) is 9.99. The second-order valence-electron chi connectivity index (χ2n) is 5.89. The van der Waals surface area contributed by atoms with Gasteiger partial charge in [0.2, 0.25) is 5.13 Å². The van der Waals surface area contributed by atoms with Crippen molar-refractivity contribution in [2.24, 2.45) is 5.10 Å². The molecule has 0 radical (unpaired) electrons. The smallest absolute Gasteiger partial charge is 0.203 e. The molecule has 0 aliphatic rings. The van der Waals surface area contributed by atoms with E-state index in [0.717, 1.165) is 31.9 Å². The van der Waals surface area contributed by atoms with E-state index in [2.05, 4.69) is 41.4 Å². The van der Waals surface area contributed by atoms with Crippen LogP contribution in [-0.4, -0.2) is 20.7 Å². The number of aromatic nitrogens is 3. The van der Waals surface area contributed by atoms with Crippen LogP contribution in [0.25, 0.3) is 17.1 Å². The maximum atomic E-state index is 4.65. The summed E-state index contributed by atoms with van der Waals surface area (Å²) >= 11 is 4.97. The summed E-state index contributed by atoms with van der Waals surface area (Å²) in [5.41, 5.74) is 7.65. The number of fused-ring (bicyclic) bond motifs is 1. The number of hydrazone groups is 1. The van der Waals surface area contributed by atoms with Gasteiger partial charge in [-0.1, -0.05) is 46.3 Å². The molecule has 0 amide bonds. The lowest BCUT2D eigenvalue weighted by Gasteiger charge is -2.00. The van der Waals surface area contributed by atoms with Crippen molar-refractivity contribution in [1.82, 2.24) is 15.0 Å². The molecule has 4 rings (SSSR count). The Morgan fingerprint density at radius 1 is 1.15 bits per heavy atom. The zero-order valence-corrected chi connectivity index (χ0v) is 16.9. The highest BCUT2D eigenvalue weighted by atomic mass is 79.9. The van der Waals surface area contributed by atoms with Crippen LogP contribution in [0.5, 0.6) is 0 Å². The maximum Gasteiger partial charge on any atom is 0.203 e. The van der Waals surface area contributed by atoms with E-state index in [1.165, 1.54) is 11.3 Å². The molecule has 0 aliphatic heterocycles. The van der Waals surface area contributed by atoms with E-state index in [0.29, 0.717) is 11.5 Å². The van der Waals surface area contributed by atoms with Crippen LogP contribution in [0.1, 0.15) is 17.1 Å². The Labute approximate surface area is 169 Å². The van der Waals surface area contributed by atoms with Gasteiger partial charge in [0.05, 0.1) is 16.7 Å². The topological polar surface area (TPSA) is 66.0 Å². The van der Waals surface area contributed by atoms with Gasteiger partial charge >= 0.3 is 0 Å². The van der Waals surface area contributed by atoms with Gasteiger partial charge in [-0.3, -0.25) is 5.43 Å². The number of nitrogens with zero attached hydrogens (tertiary/aromatic N) is 3. The molecule has 0 fully saturated rings. The normalized spacial score (nSPS) is 12.1. The molecule has 27 heavy (non-hydrogen) atoms. The number of anilines is 1. The summed E-state index contributed by atoms with van der Waals surface area (Å²) < 4.78 is 1.05. The highest BCUT2D eigenvalue weighted by Gasteiger charge is 2.08. The van der Waals surface area contributed by atoms with Gasteiger partial charge in [-0.2, -0.15) is 5.10 Å². The molecule has 0 atom stereocenters. The van der Waals surface area contributed by atoms with E-state index in [4.69, 9.17) is 0 Å². The van der Waals surface area contributed by atoms with Crippen LogP contribution >= 0.6 is 27.3 Å². The first-order chi connectivity index (χ1) is 13.2. The molecule has 2 N–H and O–H groups in total. The zero-order valence-electron chi connectivity index (χ0n) is 14.5. The molecule has 0 unspecified atom stereocenters. The molecule has 2 aromatic heterocycles. The molecule has 4 aromatic rings. The Hall–Kier alpha value is -2.77. The standard InChI is InChI=1S/C20H16BrN5S/c1-13-12-27-20(22-13)26-25-18(11-8-14-6-9-15(21)10-7-14)19-23-16-4-2-3-5-17(16)24-19/h2-12H,1H3,(H,22,26)(H,23,24)/b11-8+,25-18-. The average molecular weight is 438 g/mol. The Morgan fingerprint density at radius 3 is 2.70 bits per heavy atom. The van der Waals surface area contributed by atoms with Crippen molar-refractivity contribution in [3.63, 3.8) is 0 Å². The van der Waals surface area contributed by atoms with Crippen LogP contribution in [0.15, 0.2) is 69.6 Å². The third-order valence-corrected chi connectivity index (χ3v) is 5.22. The number of allylic oxidation sites excluding steroid dienone is 1. The minimum Gasteiger partial charge on any atom is -0.337 e. The summed E-state index contributed by atoms with van der Waals surface area (Å²) in [6, 6.07) is 16.0. The third-order valence-electron chi connectivity index (χ3n) is 3.83. The van der Waals surface area contributed by atoms with Crippen LogP contribution in [0, 0.1) is 6.92 Å². The van der Waals surface area contributed by atoms with E-state index in [9.17, 15) is 0 Å². The first-order valence-electron chi connectivity index (χ1n) is 8.32. The van der Waals surface area contributed by atoms with E-state index in [1.54, 1.807) is 0 Å². The van der Waals surface area contributed by atoms with Crippen LogP contribution in [-0.2, 0) is 0 Å². The van der Waals surface area contributed by atoms with Crippen LogP contribution in [0.4, 0.5) is 5.13 Å². The molecule has 134 valence electrons. The molecular formula is C20H16BrN5S. The predicted molar refractivity (Wildman–Crippen MR) is 116 cm³/mol. The largest absolute Gasteiger partial charge is 0.337 e. The SMILES string of the molecule is Cc1csc(N/N=C(/C=C/c2ccc(Br)cc2)c2nc3ccccc3[nH]2)n1. The van der Waals surface area contributed by atoms with Gasteiger partial charge in [0.15, 0.2) is 5.82 Å². The van der Waals surface area contributed by atoms with Gasteiger partial charge < -0.3 is 4.98 Å². The fourth-order valence-corrected chi connectivity index (χ4v) is 3.40. The Kier molecular flexibility index (Phi) is 5.13. The molecule has 0 saturated carbocycles. The second kappa shape index (κ2) is 7.85. The minimum absolute atomic E-state index is 0.696. The number of thiazole rings is 1. The molecule has 0 bridgehead atoms. The Bertz CT molecular complexity index is 1090. The van der Waals surface area contributed by atoms with Gasteiger partial charge in [-0.25, -0.2) is 9.97 Å². The van der Waals surface area contributed by atoms with Crippen molar-refractivity contribution in [3.8, 4) is 0 Å². The summed E-state index contributed by atoms with van der Waals surface area (Å²) in [5, 5.41) is 7.26. The monoisotopic (exact) mass is 437 g/mol. The molecular weight excluding hydrogens is 422 g/mol.